The Morgan fingerprint density at radius 1 is 0.650 bits per heavy atom. The Bertz CT molecular complexity index is 464. The number of pyridine rings is 2. The Kier molecular flexibility index (Phi) is 8.10. The van der Waals surface area contributed by atoms with Crippen LogP contribution in [0.3, 0.4) is 0 Å². The molecule has 0 unspecified atom stereocenters. The average Bonchev–Trinajstić information content (AvgIpc) is 2.39. The summed E-state index contributed by atoms with van der Waals surface area (Å²) in [4.78, 5) is 22.5. The van der Waals surface area contributed by atoms with Crippen LogP contribution in [0.25, 0.3) is 11.1 Å². The largest absolute Gasteiger partial charge is 0.356 e. The summed E-state index contributed by atoms with van der Waals surface area (Å²) in [6, 6.07) is 8.20. The van der Waals surface area contributed by atoms with Crippen LogP contribution in [0, 0.1) is 30.6 Å². The van der Waals surface area contributed by atoms with Crippen molar-refractivity contribution in [2.24, 2.45) is 0 Å². The van der Waals surface area contributed by atoms with Gasteiger partial charge in [0.05, 0.1) is 10.2 Å². The number of hydrogen-bond donors (Lipinski definition) is 0. The van der Waals surface area contributed by atoms with Gasteiger partial charge in [0, 0.05) is 24.3 Å². The van der Waals surface area contributed by atoms with Crippen LogP contribution >= 0.6 is 0 Å². The highest BCUT2D eigenvalue weighted by Gasteiger charge is 1.97. The molecule has 10 heteroatoms. The van der Waals surface area contributed by atoms with Gasteiger partial charge in [-0.15, -0.1) is 0 Å². The minimum atomic E-state index is -1.75. The van der Waals surface area contributed by atoms with Gasteiger partial charge in [-0.2, -0.15) is 0 Å². The average molecular weight is 282 g/mol. The fraction of sp³-hybridized carbons (Fsp3) is 0. The molecule has 2 heterocycles. The standard InChI is InChI=1S/C10H8N2.2NO3/c1-5-11-6-2-9(1)10-3-7-12-8-4-10;2*2-1(3)4/h1-8H;;/q;2*-1/p+2. The molecule has 0 aromatic carbocycles. The van der Waals surface area contributed by atoms with Gasteiger partial charge in [-0.25, -0.2) is 9.97 Å². The summed E-state index contributed by atoms with van der Waals surface area (Å²) in [5, 5.41) is 29.5. The molecule has 2 aromatic rings. The molecule has 0 fully saturated rings. The lowest BCUT2D eigenvalue weighted by atomic mass is 10.1. The van der Waals surface area contributed by atoms with Gasteiger partial charge >= 0.3 is 0 Å². The van der Waals surface area contributed by atoms with Gasteiger partial charge in [-0.3, -0.25) is 0 Å². The molecule has 0 aliphatic heterocycles. The van der Waals surface area contributed by atoms with Crippen molar-refractivity contribution >= 4 is 0 Å². The van der Waals surface area contributed by atoms with Crippen molar-refractivity contribution in [3.63, 3.8) is 0 Å². The van der Waals surface area contributed by atoms with Crippen LogP contribution in [0.2, 0.25) is 0 Å². The minimum absolute atomic E-state index is 1.22. The van der Waals surface area contributed by atoms with Gasteiger partial charge in [0.15, 0.2) is 24.8 Å². The Morgan fingerprint density at radius 2 is 0.850 bits per heavy atom. The maximum atomic E-state index is 8.25. The summed E-state index contributed by atoms with van der Waals surface area (Å²) in [6.07, 6.45) is 7.69. The van der Waals surface area contributed by atoms with E-state index in [9.17, 15) is 0 Å². The summed E-state index contributed by atoms with van der Waals surface area (Å²) < 4.78 is 0. The van der Waals surface area contributed by atoms with Gasteiger partial charge in [0.2, 0.25) is 0 Å². The van der Waals surface area contributed by atoms with E-state index in [1.165, 1.54) is 11.1 Å². The molecule has 0 aliphatic carbocycles. The first kappa shape index (κ1) is 16.7. The zero-order chi connectivity index (χ0) is 15.4. The molecule has 10 nitrogen and oxygen atoms in total. The highest BCUT2D eigenvalue weighted by atomic mass is 16.9. The minimum Gasteiger partial charge on any atom is -0.356 e. The fourth-order valence-electron chi connectivity index (χ4n) is 1.16. The molecule has 0 saturated heterocycles. The second-order valence-electron chi connectivity index (χ2n) is 3.02. The highest BCUT2D eigenvalue weighted by Crippen LogP contribution is 2.14. The number of hydrogen-bond acceptors (Lipinski definition) is 6. The van der Waals surface area contributed by atoms with E-state index in [0.29, 0.717) is 0 Å². The first-order valence-corrected chi connectivity index (χ1v) is 4.99. The summed E-state index contributed by atoms with van der Waals surface area (Å²) in [6.45, 7) is 0. The molecule has 20 heavy (non-hydrogen) atoms. The van der Waals surface area contributed by atoms with E-state index in [0.717, 1.165) is 0 Å². The van der Waals surface area contributed by atoms with Crippen LogP contribution in [0.5, 0.6) is 0 Å². The van der Waals surface area contributed by atoms with E-state index in [1.807, 2.05) is 24.8 Å². The van der Waals surface area contributed by atoms with Gasteiger partial charge in [0.1, 0.15) is 0 Å². The fourth-order valence-corrected chi connectivity index (χ4v) is 1.16. The molecule has 2 aromatic heterocycles. The van der Waals surface area contributed by atoms with Crippen LogP contribution < -0.4 is 9.97 Å². The summed E-state index contributed by atoms with van der Waals surface area (Å²) in [5.74, 6) is 0. The lowest BCUT2D eigenvalue weighted by molar-refractivity contribution is -0.403. The number of aromatic nitrogens is 2. The molecule has 0 bridgehead atoms. The molecular weight excluding hydrogens is 272 g/mol. The molecule has 2 rings (SSSR count). The predicted molar refractivity (Wildman–Crippen MR) is 65.7 cm³/mol. The van der Waals surface area contributed by atoms with Crippen molar-refractivity contribution in [2.75, 3.05) is 0 Å². The van der Waals surface area contributed by atoms with Crippen LogP contribution in [0.1, 0.15) is 0 Å². The maximum absolute atomic E-state index is 8.25. The number of nitrogens with one attached hydrogen (secondary N) is 2. The van der Waals surface area contributed by atoms with E-state index in [-0.39, 0.29) is 0 Å². The molecule has 0 amide bonds. The first-order chi connectivity index (χ1) is 9.43. The molecule has 0 spiro atoms. The first-order valence-electron chi connectivity index (χ1n) is 4.99. The monoisotopic (exact) mass is 282 g/mol. The Labute approximate surface area is 112 Å². The lowest BCUT2D eigenvalue weighted by Gasteiger charge is -1.93. The molecule has 106 valence electrons. The Morgan fingerprint density at radius 3 is 1.05 bits per heavy atom. The quantitative estimate of drug-likeness (QED) is 0.546. The molecule has 0 aliphatic rings. The molecule has 2 N–H and O–H groups in total. The maximum Gasteiger partial charge on any atom is 0.167 e. The van der Waals surface area contributed by atoms with Gasteiger partial charge in [-0.05, 0) is 11.1 Å². The van der Waals surface area contributed by atoms with Crippen LogP contribution in [0.4, 0.5) is 0 Å². The van der Waals surface area contributed by atoms with Crippen molar-refractivity contribution in [3.05, 3.63) is 79.7 Å². The second kappa shape index (κ2) is 9.70. The number of rotatable bonds is 1. The van der Waals surface area contributed by atoms with Crippen LogP contribution in [-0.4, -0.2) is 10.2 Å². The molecule has 0 atom stereocenters. The third-order valence-corrected chi connectivity index (χ3v) is 1.77. The van der Waals surface area contributed by atoms with Crippen molar-refractivity contribution in [3.8, 4) is 11.1 Å². The van der Waals surface area contributed by atoms with Crippen molar-refractivity contribution in [2.45, 2.75) is 0 Å². The molecule has 0 radical (unpaired) electrons. The van der Waals surface area contributed by atoms with E-state index in [4.69, 9.17) is 30.6 Å². The number of nitrogens with zero attached hydrogens (tertiary/aromatic N) is 2. The van der Waals surface area contributed by atoms with Gasteiger partial charge in [-0.1, -0.05) is 0 Å². The molecular formula is C10H10N4O6. The molecule has 0 saturated carbocycles. The topological polar surface area (TPSA) is 161 Å². The Balaban J connectivity index is 0.000000380. The van der Waals surface area contributed by atoms with Crippen molar-refractivity contribution in [1.29, 1.82) is 0 Å². The predicted octanol–water partition coefficient (Wildman–Crippen LogP) is 0.504. The van der Waals surface area contributed by atoms with Gasteiger partial charge in [0.25, 0.3) is 0 Å². The smallest absolute Gasteiger partial charge is 0.167 e. The van der Waals surface area contributed by atoms with E-state index in [1.54, 1.807) is 0 Å². The summed E-state index contributed by atoms with van der Waals surface area (Å²) in [7, 11) is 0. The normalized spacial score (nSPS) is 8.20. The van der Waals surface area contributed by atoms with Crippen molar-refractivity contribution in [1.82, 2.24) is 0 Å². The Hall–Kier alpha value is -3.30. The van der Waals surface area contributed by atoms with Crippen LogP contribution in [-0.2, 0) is 0 Å². The zero-order valence-corrected chi connectivity index (χ0v) is 9.96. The summed E-state index contributed by atoms with van der Waals surface area (Å²) >= 11 is 0. The van der Waals surface area contributed by atoms with E-state index >= 15 is 0 Å². The third kappa shape index (κ3) is 9.89. The third-order valence-electron chi connectivity index (χ3n) is 1.77. The van der Waals surface area contributed by atoms with Crippen LogP contribution in [0.15, 0.2) is 49.1 Å². The van der Waals surface area contributed by atoms with E-state index < -0.39 is 10.2 Å². The number of H-pyrrole nitrogens is 2. The SMILES string of the molecule is O=[N+]([O-])[O-].O=[N+]([O-])[O-].c1cc(-c2cc[nH+]cc2)cc[nH+]1. The lowest BCUT2D eigenvalue weighted by Crippen LogP contribution is -1.99. The summed E-state index contributed by atoms with van der Waals surface area (Å²) in [5.41, 5.74) is 2.45. The number of aromatic amines is 2. The second-order valence-corrected chi connectivity index (χ2v) is 3.02. The zero-order valence-electron chi connectivity index (χ0n) is 9.96. The van der Waals surface area contributed by atoms with Gasteiger partial charge < -0.3 is 30.6 Å². The highest BCUT2D eigenvalue weighted by molar-refractivity contribution is 5.60. The van der Waals surface area contributed by atoms with Crippen molar-refractivity contribution < 1.29 is 20.1 Å². The van der Waals surface area contributed by atoms with E-state index in [2.05, 4.69) is 34.2 Å².